The van der Waals surface area contributed by atoms with E-state index in [2.05, 4.69) is 0 Å². The molecule has 0 N–H and O–H groups in total. The van der Waals surface area contributed by atoms with Crippen LogP contribution < -0.4 is 0 Å². The molecule has 3 heteroatoms. The number of halogens is 1. The number of rotatable bonds is 4. The highest BCUT2D eigenvalue weighted by molar-refractivity contribution is 7.98. The minimum Gasteiger partial charge on any atom is -0.383 e. The second-order valence-electron chi connectivity index (χ2n) is 1.51. The number of methoxy groups -OCH3 is 1. The molecule has 0 saturated heterocycles. The van der Waals surface area contributed by atoms with Crippen molar-refractivity contribution in [2.24, 2.45) is 0 Å². The Labute approximate surface area is 59.7 Å². The summed E-state index contributed by atoms with van der Waals surface area (Å²) in [5.41, 5.74) is 0. The highest BCUT2D eigenvalue weighted by Gasteiger charge is 1.99. The zero-order valence-corrected chi connectivity index (χ0v) is 6.76. The minimum atomic E-state index is 0.176. The summed E-state index contributed by atoms with van der Waals surface area (Å²) >= 11 is 7.47. The Hall–Kier alpha value is 0.600. The number of hydrogen-bond acceptors (Lipinski definition) is 2. The molecule has 0 fully saturated rings. The van der Waals surface area contributed by atoms with Crippen LogP contribution in [0.1, 0.15) is 0 Å². The van der Waals surface area contributed by atoms with Gasteiger partial charge in [0.2, 0.25) is 0 Å². The number of ether oxygens (including phenoxy) is 1. The van der Waals surface area contributed by atoms with Gasteiger partial charge in [-0.2, -0.15) is 11.8 Å². The van der Waals surface area contributed by atoms with Gasteiger partial charge < -0.3 is 4.74 Å². The molecule has 0 aromatic rings. The van der Waals surface area contributed by atoms with E-state index in [1.807, 2.05) is 6.26 Å². The molecule has 0 bridgehead atoms. The first-order valence-corrected chi connectivity index (χ1v) is 4.26. The SMILES string of the molecule is COCC(Cl)CSC. The fourth-order valence-electron chi connectivity index (χ4n) is 0.410. The summed E-state index contributed by atoms with van der Waals surface area (Å²) in [6, 6.07) is 0. The van der Waals surface area contributed by atoms with Crippen molar-refractivity contribution in [3.8, 4) is 0 Å². The van der Waals surface area contributed by atoms with Crippen molar-refractivity contribution in [3.63, 3.8) is 0 Å². The fourth-order valence-corrected chi connectivity index (χ4v) is 1.37. The molecule has 1 unspecified atom stereocenters. The van der Waals surface area contributed by atoms with Crippen molar-refractivity contribution in [3.05, 3.63) is 0 Å². The molecule has 0 rings (SSSR count). The van der Waals surface area contributed by atoms with Crippen molar-refractivity contribution in [1.82, 2.24) is 0 Å². The van der Waals surface area contributed by atoms with Crippen LogP contribution in [0.2, 0.25) is 0 Å². The molecule has 0 heterocycles. The van der Waals surface area contributed by atoms with Gasteiger partial charge in [-0.05, 0) is 6.26 Å². The summed E-state index contributed by atoms with van der Waals surface area (Å²) < 4.78 is 4.81. The maximum Gasteiger partial charge on any atom is 0.0659 e. The number of thioether (sulfide) groups is 1. The summed E-state index contributed by atoms with van der Waals surface area (Å²) in [6.07, 6.45) is 2.03. The lowest BCUT2D eigenvalue weighted by molar-refractivity contribution is 0.202. The summed E-state index contributed by atoms with van der Waals surface area (Å²) in [7, 11) is 1.66. The normalized spacial score (nSPS) is 13.9. The molecule has 0 aromatic carbocycles. The maximum absolute atomic E-state index is 5.74. The molecule has 50 valence electrons. The van der Waals surface area contributed by atoms with E-state index >= 15 is 0 Å². The van der Waals surface area contributed by atoms with E-state index in [4.69, 9.17) is 16.3 Å². The van der Waals surface area contributed by atoms with Crippen molar-refractivity contribution in [2.75, 3.05) is 25.7 Å². The largest absolute Gasteiger partial charge is 0.383 e. The number of hydrogen-bond donors (Lipinski definition) is 0. The molecule has 0 aliphatic heterocycles. The monoisotopic (exact) mass is 154 g/mol. The molecule has 0 amide bonds. The van der Waals surface area contributed by atoms with E-state index in [9.17, 15) is 0 Å². The van der Waals surface area contributed by atoms with Gasteiger partial charge in [0, 0.05) is 12.9 Å². The van der Waals surface area contributed by atoms with Crippen molar-refractivity contribution >= 4 is 23.4 Å². The average molecular weight is 155 g/mol. The predicted molar refractivity (Wildman–Crippen MR) is 39.9 cm³/mol. The third-order valence-corrected chi connectivity index (χ3v) is 1.89. The summed E-state index contributed by atoms with van der Waals surface area (Å²) in [4.78, 5) is 0. The second kappa shape index (κ2) is 5.73. The molecule has 0 aliphatic carbocycles. The smallest absolute Gasteiger partial charge is 0.0659 e. The van der Waals surface area contributed by atoms with Gasteiger partial charge in [-0.15, -0.1) is 11.6 Å². The Kier molecular flexibility index (Phi) is 6.16. The van der Waals surface area contributed by atoms with Crippen LogP contribution in [-0.4, -0.2) is 31.1 Å². The molecule has 0 aromatic heterocycles. The summed E-state index contributed by atoms with van der Waals surface area (Å²) in [5, 5.41) is 0.176. The molecule has 1 nitrogen and oxygen atoms in total. The van der Waals surface area contributed by atoms with E-state index in [1.165, 1.54) is 0 Å². The van der Waals surface area contributed by atoms with Gasteiger partial charge in [0.1, 0.15) is 0 Å². The Balaban J connectivity index is 2.92. The lowest BCUT2D eigenvalue weighted by Crippen LogP contribution is -2.09. The maximum atomic E-state index is 5.74. The Morgan fingerprint density at radius 1 is 1.75 bits per heavy atom. The molecule has 0 radical (unpaired) electrons. The van der Waals surface area contributed by atoms with Crippen molar-refractivity contribution < 1.29 is 4.74 Å². The third kappa shape index (κ3) is 4.75. The highest BCUT2D eigenvalue weighted by Crippen LogP contribution is 2.03. The zero-order valence-electron chi connectivity index (χ0n) is 5.19. The van der Waals surface area contributed by atoms with Gasteiger partial charge in [-0.25, -0.2) is 0 Å². The molecular weight excluding hydrogens is 144 g/mol. The van der Waals surface area contributed by atoms with Gasteiger partial charge in [0.05, 0.1) is 12.0 Å². The second-order valence-corrected chi connectivity index (χ2v) is 3.04. The Morgan fingerprint density at radius 3 is 2.75 bits per heavy atom. The summed E-state index contributed by atoms with van der Waals surface area (Å²) in [5.74, 6) is 0.968. The third-order valence-electron chi connectivity index (χ3n) is 0.695. The Morgan fingerprint density at radius 2 is 2.38 bits per heavy atom. The van der Waals surface area contributed by atoms with E-state index in [0.29, 0.717) is 6.61 Å². The van der Waals surface area contributed by atoms with E-state index in [1.54, 1.807) is 18.9 Å². The lowest BCUT2D eigenvalue weighted by atomic mass is 10.5. The van der Waals surface area contributed by atoms with Crippen LogP contribution in [-0.2, 0) is 4.74 Å². The molecular formula is C5H11ClOS. The first kappa shape index (κ1) is 8.60. The average Bonchev–Trinajstić information content (AvgIpc) is 1.68. The molecule has 1 atom stereocenters. The van der Waals surface area contributed by atoms with E-state index in [0.717, 1.165) is 5.75 Å². The summed E-state index contributed by atoms with van der Waals surface area (Å²) in [6.45, 7) is 0.655. The van der Waals surface area contributed by atoms with Gasteiger partial charge in [-0.1, -0.05) is 0 Å². The quantitative estimate of drug-likeness (QED) is 0.569. The van der Waals surface area contributed by atoms with E-state index < -0.39 is 0 Å². The Bertz CT molecular complexity index is 45.7. The molecule has 8 heavy (non-hydrogen) atoms. The standard InChI is InChI=1S/C5H11ClOS/c1-7-3-5(6)4-8-2/h5H,3-4H2,1-2H3. The predicted octanol–water partition coefficient (Wildman–Crippen LogP) is 1.60. The zero-order chi connectivity index (χ0) is 6.41. The van der Waals surface area contributed by atoms with Crippen LogP contribution in [0, 0.1) is 0 Å². The van der Waals surface area contributed by atoms with Gasteiger partial charge >= 0.3 is 0 Å². The van der Waals surface area contributed by atoms with Crippen LogP contribution in [0.15, 0.2) is 0 Å². The van der Waals surface area contributed by atoms with Crippen LogP contribution in [0.4, 0.5) is 0 Å². The van der Waals surface area contributed by atoms with Crippen molar-refractivity contribution in [1.29, 1.82) is 0 Å². The van der Waals surface area contributed by atoms with Crippen molar-refractivity contribution in [2.45, 2.75) is 5.38 Å². The topological polar surface area (TPSA) is 9.23 Å². The molecule has 0 aliphatic rings. The van der Waals surface area contributed by atoms with Gasteiger partial charge in [0.15, 0.2) is 0 Å². The van der Waals surface area contributed by atoms with Crippen LogP contribution in [0.25, 0.3) is 0 Å². The molecule has 0 spiro atoms. The van der Waals surface area contributed by atoms with Crippen LogP contribution in [0.5, 0.6) is 0 Å². The number of alkyl halides is 1. The van der Waals surface area contributed by atoms with Crippen LogP contribution >= 0.6 is 23.4 Å². The van der Waals surface area contributed by atoms with Gasteiger partial charge in [-0.3, -0.25) is 0 Å². The van der Waals surface area contributed by atoms with Crippen LogP contribution in [0.3, 0.4) is 0 Å². The lowest BCUT2D eigenvalue weighted by Gasteiger charge is -2.03. The first-order valence-electron chi connectivity index (χ1n) is 2.43. The molecule has 0 saturated carbocycles. The highest BCUT2D eigenvalue weighted by atomic mass is 35.5. The fraction of sp³-hybridized carbons (Fsp3) is 1.00. The minimum absolute atomic E-state index is 0.176. The first-order chi connectivity index (χ1) is 3.81. The van der Waals surface area contributed by atoms with Gasteiger partial charge in [0.25, 0.3) is 0 Å². The van der Waals surface area contributed by atoms with E-state index in [-0.39, 0.29) is 5.38 Å².